The van der Waals surface area contributed by atoms with Crippen molar-refractivity contribution in [3.63, 3.8) is 0 Å². The molecule has 0 fully saturated rings. The molecule has 1 radical (unpaired) electrons. The molecule has 0 unspecified atom stereocenters. The molecule has 9 heavy (non-hydrogen) atoms. The molecule has 1 aromatic carbocycles. The minimum atomic E-state index is 1.16. The van der Waals surface area contributed by atoms with Crippen LogP contribution in [0, 0.1) is 0 Å². The zero-order valence-corrected chi connectivity index (χ0v) is 5.77. The molecule has 1 heteroatoms. The lowest BCUT2D eigenvalue weighted by Crippen LogP contribution is -1.64. The van der Waals surface area contributed by atoms with E-state index in [9.17, 15) is 0 Å². The van der Waals surface area contributed by atoms with E-state index < -0.39 is 0 Å². The lowest BCUT2D eigenvalue weighted by molar-refractivity contribution is 1.67. The van der Waals surface area contributed by atoms with E-state index in [1.54, 1.807) is 5.41 Å². The van der Waals surface area contributed by atoms with Gasteiger partial charge in [-0.1, -0.05) is 43.0 Å². The van der Waals surface area contributed by atoms with E-state index in [1.807, 2.05) is 36.4 Å². The minimum absolute atomic E-state index is 1.16. The molecule has 0 nitrogen and oxygen atoms in total. The molecule has 0 amide bonds. The maximum atomic E-state index is 4.65. The van der Waals surface area contributed by atoms with Crippen LogP contribution < -0.4 is 0 Å². The first-order chi connectivity index (χ1) is 4.43. The average Bonchev–Trinajstić information content (AvgIpc) is 1.91. The smallest absolute Gasteiger partial charge is 0.00194 e. The zero-order valence-electron chi connectivity index (χ0n) is 4.95. The number of benzene rings is 1. The van der Waals surface area contributed by atoms with Crippen LogP contribution in [0.25, 0.3) is 6.08 Å². The number of rotatable bonds is 1. The highest BCUT2D eigenvalue weighted by atomic mass is 32.1. The Balaban J connectivity index is 2.85. The Morgan fingerprint density at radius 3 is 2.33 bits per heavy atom. The Morgan fingerprint density at radius 1 is 1.11 bits per heavy atom. The number of hydrogen-bond acceptors (Lipinski definition) is 0. The van der Waals surface area contributed by atoms with Gasteiger partial charge in [0.1, 0.15) is 0 Å². The lowest BCUT2D eigenvalue weighted by Gasteiger charge is -1.86. The molecule has 0 spiro atoms. The van der Waals surface area contributed by atoms with Crippen LogP contribution >= 0.6 is 12.6 Å². The lowest BCUT2D eigenvalue weighted by atomic mass is 10.2. The van der Waals surface area contributed by atoms with E-state index in [1.165, 1.54) is 0 Å². The van der Waals surface area contributed by atoms with Crippen LogP contribution in [-0.2, 0) is 0 Å². The SMILES string of the molecule is [S]C=Cc1ccccc1. The minimum Gasteiger partial charge on any atom is -0.0887 e. The Bertz CT molecular complexity index is 189. The van der Waals surface area contributed by atoms with Gasteiger partial charge in [0, 0.05) is 5.41 Å². The summed E-state index contributed by atoms with van der Waals surface area (Å²) in [6.07, 6.45) is 1.90. The second kappa shape index (κ2) is 3.25. The summed E-state index contributed by atoms with van der Waals surface area (Å²) in [4.78, 5) is 0. The summed E-state index contributed by atoms with van der Waals surface area (Å²) in [6.45, 7) is 0. The fourth-order valence-electron chi connectivity index (χ4n) is 0.643. The van der Waals surface area contributed by atoms with E-state index in [0.29, 0.717) is 0 Å². The highest BCUT2D eigenvalue weighted by molar-refractivity contribution is 7.83. The van der Waals surface area contributed by atoms with E-state index in [-0.39, 0.29) is 0 Å². The first-order valence-electron chi connectivity index (χ1n) is 2.77. The monoisotopic (exact) mass is 135 g/mol. The molecule has 0 aromatic heterocycles. The van der Waals surface area contributed by atoms with Crippen molar-refractivity contribution in [1.82, 2.24) is 0 Å². The van der Waals surface area contributed by atoms with Crippen molar-refractivity contribution in [3.05, 3.63) is 41.3 Å². The largest absolute Gasteiger partial charge is 0.0887 e. The molecule has 0 atom stereocenters. The van der Waals surface area contributed by atoms with Gasteiger partial charge in [-0.15, -0.1) is 0 Å². The second-order valence-corrected chi connectivity index (χ2v) is 1.99. The summed E-state index contributed by atoms with van der Waals surface area (Å²) < 4.78 is 0. The summed E-state index contributed by atoms with van der Waals surface area (Å²) in [6, 6.07) is 10.0. The van der Waals surface area contributed by atoms with Crippen LogP contribution in [-0.4, -0.2) is 0 Å². The van der Waals surface area contributed by atoms with Gasteiger partial charge in [0.05, 0.1) is 0 Å². The highest BCUT2D eigenvalue weighted by Gasteiger charge is 1.78. The number of hydrogen-bond donors (Lipinski definition) is 0. The van der Waals surface area contributed by atoms with Crippen molar-refractivity contribution in [2.45, 2.75) is 0 Å². The molecule has 45 valence electrons. The summed E-state index contributed by atoms with van der Waals surface area (Å²) >= 11 is 4.65. The second-order valence-electron chi connectivity index (χ2n) is 1.71. The van der Waals surface area contributed by atoms with Gasteiger partial charge in [0.25, 0.3) is 0 Å². The van der Waals surface area contributed by atoms with E-state index >= 15 is 0 Å². The first kappa shape index (κ1) is 6.30. The Kier molecular flexibility index (Phi) is 2.28. The van der Waals surface area contributed by atoms with Gasteiger partial charge in [0.2, 0.25) is 0 Å². The van der Waals surface area contributed by atoms with Crippen LogP contribution in [0.5, 0.6) is 0 Å². The van der Waals surface area contributed by atoms with Crippen LogP contribution in [0.1, 0.15) is 5.56 Å². The standard InChI is InChI=1S/C8H7S/c9-7-6-8-4-2-1-3-5-8/h1-7H. The van der Waals surface area contributed by atoms with Gasteiger partial charge in [0.15, 0.2) is 0 Å². The molecule has 0 aliphatic rings. The summed E-state index contributed by atoms with van der Waals surface area (Å²) in [5.41, 5.74) is 1.16. The third kappa shape index (κ3) is 1.86. The van der Waals surface area contributed by atoms with Gasteiger partial charge in [-0.2, -0.15) is 0 Å². The van der Waals surface area contributed by atoms with Gasteiger partial charge >= 0.3 is 0 Å². The molecule has 0 N–H and O–H groups in total. The summed E-state index contributed by atoms with van der Waals surface area (Å²) in [5.74, 6) is 0. The maximum absolute atomic E-state index is 4.65. The van der Waals surface area contributed by atoms with Crippen molar-refractivity contribution < 1.29 is 0 Å². The third-order valence-electron chi connectivity index (χ3n) is 1.06. The third-order valence-corrected chi connectivity index (χ3v) is 1.20. The maximum Gasteiger partial charge on any atom is 0.00194 e. The van der Waals surface area contributed by atoms with Crippen molar-refractivity contribution in [2.75, 3.05) is 0 Å². The van der Waals surface area contributed by atoms with Gasteiger partial charge in [-0.25, -0.2) is 0 Å². The van der Waals surface area contributed by atoms with Crippen molar-refractivity contribution >= 4 is 18.7 Å². The quantitative estimate of drug-likeness (QED) is 0.555. The molecule has 0 saturated carbocycles. The molecule has 0 aliphatic carbocycles. The molecule has 0 saturated heterocycles. The first-order valence-corrected chi connectivity index (χ1v) is 3.24. The van der Waals surface area contributed by atoms with Crippen molar-refractivity contribution in [1.29, 1.82) is 0 Å². The van der Waals surface area contributed by atoms with Gasteiger partial charge in [-0.05, 0) is 11.6 Å². The molecular formula is C8H7S. The van der Waals surface area contributed by atoms with Crippen LogP contribution in [0.4, 0.5) is 0 Å². The molecular weight excluding hydrogens is 128 g/mol. The highest BCUT2D eigenvalue weighted by Crippen LogP contribution is 2.00. The van der Waals surface area contributed by atoms with Gasteiger partial charge in [-0.3, -0.25) is 0 Å². The van der Waals surface area contributed by atoms with E-state index in [2.05, 4.69) is 12.6 Å². The van der Waals surface area contributed by atoms with E-state index in [4.69, 9.17) is 0 Å². The van der Waals surface area contributed by atoms with Crippen molar-refractivity contribution in [2.24, 2.45) is 0 Å². The fourth-order valence-corrected chi connectivity index (χ4v) is 0.800. The molecule has 1 rings (SSSR count). The van der Waals surface area contributed by atoms with Gasteiger partial charge < -0.3 is 0 Å². The van der Waals surface area contributed by atoms with E-state index in [0.717, 1.165) is 5.56 Å². The normalized spacial score (nSPS) is 10.2. The Hall–Kier alpha value is -0.820. The molecule has 0 aliphatic heterocycles. The van der Waals surface area contributed by atoms with Crippen LogP contribution in [0.2, 0.25) is 0 Å². The molecule has 0 heterocycles. The average molecular weight is 135 g/mol. The van der Waals surface area contributed by atoms with Crippen molar-refractivity contribution in [3.8, 4) is 0 Å². The summed E-state index contributed by atoms with van der Waals surface area (Å²) in [5, 5.41) is 1.62. The summed E-state index contributed by atoms with van der Waals surface area (Å²) in [7, 11) is 0. The van der Waals surface area contributed by atoms with Crippen LogP contribution in [0.15, 0.2) is 35.7 Å². The topological polar surface area (TPSA) is 0 Å². The zero-order chi connectivity index (χ0) is 6.53. The molecule has 0 bridgehead atoms. The molecule has 1 aromatic rings. The Labute approximate surface area is 60.6 Å². The van der Waals surface area contributed by atoms with Crippen LogP contribution in [0.3, 0.4) is 0 Å². The predicted octanol–water partition coefficient (Wildman–Crippen LogP) is 2.85. The predicted molar refractivity (Wildman–Crippen MR) is 43.1 cm³/mol. The Morgan fingerprint density at radius 2 is 1.78 bits per heavy atom. The fraction of sp³-hybridized carbons (Fsp3) is 0.